The first-order valence-electron chi connectivity index (χ1n) is 9.03. The Balaban J connectivity index is 1.60. The summed E-state index contributed by atoms with van der Waals surface area (Å²) in [5.74, 6) is -3.10. The molecule has 0 radical (unpaired) electrons. The Morgan fingerprint density at radius 2 is 1.79 bits per heavy atom. The molecule has 1 aromatic heterocycles. The number of carboxylic acids is 1. The summed E-state index contributed by atoms with van der Waals surface area (Å²) in [5.41, 5.74) is 0.655. The third-order valence-electron chi connectivity index (χ3n) is 4.81. The van der Waals surface area contributed by atoms with Gasteiger partial charge in [-0.2, -0.15) is 0 Å². The highest BCUT2D eigenvalue weighted by Gasteiger charge is 2.27. The van der Waals surface area contributed by atoms with Crippen molar-refractivity contribution in [1.82, 2.24) is 4.98 Å². The fourth-order valence-corrected chi connectivity index (χ4v) is 3.12. The van der Waals surface area contributed by atoms with E-state index in [-0.39, 0.29) is 28.3 Å². The van der Waals surface area contributed by atoms with Crippen LogP contribution in [0.25, 0.3) is 11.3 Å². The number of aromatic nitrogens is 1. The third-order valence-corrected chi connectivity index (χ3v) is 4.81. The molecule has 7 heteroatoms. The Labute approximate surface area is 165 Å². The van der Waals surface area contributed by atoms with E-state index in [2.05, 4.69) is 10.3 Å². The highest BCUT2D eigenvalue weighted by atomic mass is 19.1. The van der Waals surface area contributed by atoms with E-state index in [1.165, 1.54) is 36.5 Å². The monoisotopic (exact) mass is 394 g/mol. The molecule has 0 atom stereocenters. The number of rotatable bonds is 5. The number of carbonyl (C=O) groups excluding carboxylic acids is 1. The molecule has 1 saturated carbocycles. The van der Waals surface area contributed by atoms with Crippen LogP contribution in [0.3, 0.4) is 0 Å². The van der Waals surface area contributed by atoms with Crippen LogP contribution < -0.4 is 5.32 Å². The van der Waals surface area contributed by atoms with Gasteiger partial charge in [0.1, 0.15) is 11.6 Å². The van der Waals surface area contributed by atoms with Crippen LogP contribution >= 0.6 is 0 Å². The zero-order valence-corrected chi connectivity index (χ0v) is 15.2. The second-order valence-corrected chi connectivity index (χ2v) is 6.87. The fraction of sp³-hybridized carbons (Fsp3) is 0.136. The van der Waals surface area contributed by atoms with Gasteiger partial charge in [-0.15, -0.1) is 0 Å². The second-order valence-electron chi connectivity index (χ2n) is 6.87. The highest BCUT2D eigenvalue weighted by Crippen LogP contribution is 2.41. The summed E-state index contributed by atoms with van der Waals surface area (Å²) in [7, 11) is 0. The van der Waals surface area contributed by atoms with Crippen LogP contribution in [0, 0.1) is 11.6 Å². The number of nitrogens with one attached hydrogen (secondary N) is 1. The maximum Gasteiger partial charge on any atom is 0.337 e. The SMILES string of the molecule is O=C(Nc1c(F)cc(C2CC2)cc1C(=O)O)c1ccc(-c2ccccc2F)nc1. The molecule has 4 rings (SSSR count). The number of hydrogen-bond donors (Lipinski definition) is 2. The largest absolute Gasteiger partial charge is 0.478 e. The minimum Gasteiger partial charge on any atom is -0.478 e. The molecule has 1 aliphatic carbocycles. The van der Waals surface area contributed by atoms with Crippen LogP contribution in [0.5, 0.6) is 0 Å². The molecule has 0 unspecified atom stereocenters. The van der Waals surface area contributed by atoms with Gasteiger partial charge in [-0.3, -0.25) is 9.78 Å². The number of nitrogens with zero attached hydrogens (tertiary/aromatic N) is 1. The molecule has 1 amide bonds. The number of carboxylic acid groups (broad SMARTS) is 1. The molecule has 1 fully saturated rings. The summed E-state index contributed by atoms with van der Waals surface area (Å²) < 4.78 is 28.4. The van der Waals surface area contributed by atoms with E-state index in [9.17, 15) is 23.5 Å². The summed E-state index contributed by atoms with van der Waals surface area (Å²) in [6.45, 7) is 0. The summed E-state index contributed by atoms with van der Waals surface area (Å²) in [6.07, 6.45) is 3.02. The first-order chi connectivity index (χ1) is 13.9. The predicted octanol–water partition coefficient (Wildman–Crippen LogP) is 4.85. The lowest BCUT2D eigenvalue weighted by molar-refractivity contribution is 0.0697. The Bertz CT molecular complexity index is 1110. The van der Waals surface area contributed by atoms with Gasteiger partial charge in [-0.1, -0.05) is 12.1 Å². The van der Waals surface area contributed by atoms with Crippen LogP contribution in [-0.2, 0) is 0 Å². The lowest BCUT2D eigenvalue weighted by Crippen LogP contribution is -2.17. The lowest BCUT2D eigenvalue weighted by atomic mass is 10.0. The standard InChI is InChI=1S/C22H16F2N2O3/c23-17-4-2-1-3-15(17)19-8-7-13(11-25-19)21(27)26-20-16(22(28)29)9-14(10-18(20)24)12-5-6-12/h1-4,7-12H,5-6H2,(H,26,27)(H,28,29). The molecule has 0 aliphatic heterocycles. The molecule has 5 nitrogen and oxygen atoms in total. The van der Waals surface area contributed by atoms with Crippen LogP contribution in [0.1, 0.15) is 45.0 Å². The first-order valence-corrected chi connectivity index (χ1v) is 9.03. The zero-order valence-electron chi connectivity index (χ0n) is 15.2. The molecule has 2 aromatic carbocycles. The van der Waals surface area contributed by atoms with Crippen molar-refractivity contribution < 1.29 is 23.5 Å². The van der Waals surface area contributed by atoms with Gasteiger partial charge in [0.25, 0.3) is 5.91 Å². The Kier molecular flexibility index (Phi) is 4.80. The highest BCUT2D eigenvalue weighted by molar-refractivity contribution is 6.07. The van der Waals surface area contributed by atoms with Gasteiger partial charge in [0.15, 0.2) is 0 Å². The molecule has 0 bridgehead atoms. The molecule has 1 aliphatic rings. The average molecular weight is 394 g/mol. The van der Waals surface area contributed by atoms with E-state index in [0.29, 0.717) is 11.3 Å². The number of hydrogen-bond acceptors (Lipinski definition) is 3. The quantitative estimate of drug-likeness (QED) is 0.648. The number of amides is 1. The van der Waals surface area contributed by atoms with Gasteiger partial charge in [0.2, 0.25) is 0 Å². The smallest absolute Gasteiger partial charge is 0.337 e. The summed E-state index contributed by atoms with van der Waals surface area (Å²) in [4.78, 5) is 28.1. The van der Waals surface area contributed by atoms with E-state index < -0.39 is 23.5 Å². The van der Waals surface area contributed by atoms with E-state index in [4.69, 9.17) is 0 Å². The third kappa shape index (κ3) is 3.85. The number of halogens is 2. The Morgan fingerprint density at radius 3 is 2.41 bits per heavy atom. The molecular formula is C22H16F2N2O3. The van der Waals surface area contributed by atoms with E-state index in [1.807, 2.05) is 0 Å². The number of carbonyl (C=O) groups is 2. The van der Waals surface area contributed by atoms with Crippen molar-refractivity contribution in [2.45, 2.75) is 18.8 Å². The topological polar surface area (TPSA) is 79.3 Å². The number of aromatic carboxylic acids is 1. The molecule has 2 N–H and O–H groups in total. The normalized spacial score (nSPS) is 13.2. The lowest BCUT2D eigenvalue weighted by Gasteiger charge is -2.12. The van der Waals surface area contributed by atoms with E-state index >= 15 is 0 Å². The molecule has 29 heavy (non-hydrogen) atoms. The van der Waals surface area contributed by atoms with Crippen LogP contribution in [-0.4, -0.2) is 22.0 Å². The van der Waals surface area contributed by atoms with E-state index in [0.717, 1.165) is 12.8 Å². The maximum atomic E-state index is 14.5. The molecule has 0 saturated heterocycles. The Morgan fingerprint density at radius 1 is 1.03 bits per heavy atom. The van der Waals surface area contributed by atoms with Crippen molar-refractivity contribution in [3.63, 3.8) is 0 Å². The van der Waals surface area contributed by atoms with E-state index in [1.54, 1.807) is 18.2 Å². The van der Waals surface area contributed by atoms with Crippen LogP contribution in [0.15, 0.2) is 54.7 Å². The molecule has 1 heterocycles. The average Bonchev–Trinajstić information content (AvgIpc) is 3.55. The fourth-order valence-electron chi connectivity index (χ4n) is 3.12. The van der Waals surface area contributed by atoms with Gasteiger partial charge in [0, 0.05) is 11.8 Å². The van der Waals surface area contributed by atoms with Crippen molar-refractivity contribution in [2.24, 2.45) is 0 Å². The molecule has 146 valence electrons. The van der Waals surface area contributed by atoms with Crippen molar-refractivity contribution in [1.29, 1.82) is 0 Å². The van der Waals surface area contributed by atoms with Gasteiger partial charge in [-0.05, 0) is 60.7 Å². The van der Waals surface area contributed by atoms with Gasteiger partial charge in [-0.25, -0.2) is 13.6 Å². The van der Waals surface area contributed by atoms with Crippen molar-refractivity contribution in [3.8, 4) is 11.3 Å². The van der Waals surface area contributed by atoms with Gasteiger partial charge in [0.05, 0.1) is 22.5 Å². The number of benzene rings is 2. The Hall–Kier alpha value is -3.61. The van der Waals surface area contributed by atoms with Gasteiger partial charge >= 0.3 is 5.97 Å². The van der Waals surface area contributed by atoms with Crippen LogP contribution in [0.2, 0.25) is 0 Å². The number of anilines is 1. The van der Waals surface area contributed by atoms with Crippen molar-refractivity contribution >= 4 is 17.6 Å². The summed E-state index contributed by atoms with van der Waals surface area (Å²) in [6, 6.07) is 11.6. The van der Waals surface area contributed by atoms with Crippen LogP contribution in [0.4, 0.5) is 14.5 Å². The zero-order chi connectivity index (χ0) is 20.5. The summed E-state index contributed by atoms with van der Waals surface area (Å²) in [5, 5.41) is 11.7. The predicted molar refractivity (Wildman–Crippen MR) is 103 cm³/mol. The first kappa shape index (κ1) is 18.7. The minimum atomic E-state index is -1.32. The molecule has 0 spiro atoms. The molecule has 3 aromatic rings. The maximum absolute atomic E-state index is 14.5. The number of pyridine rings is 1. The van der Waals surface area contributed by atoms with Gasteiger partial charge < -0.3 is 10.4 Å². The summed E-state index contributed by atoms with van der Waals surface area (Å²) >= 11 is 0. The minimum absolute atomic E-state index is 0.0899. The second kappa shape index (κ2) is 7.43. The molecular weight excluding hydrogens is 378 g/mol. The van der Waals surface area contributed by atoms with Crippen molar-refractivity contribution in [3.05, 3.63) is 83.1 Å². The van der Waals surface area contributed by atoms with Crippen molar-refractivity contribution in [2.75, 3.05) is 5.32 Å².